The number of ether oxygens (including phenoxy) is 1. The molecule has 0 saturated carbocycles. The number of carbonyl (C=O) groups is 1. The lowest BCUT2D eigenvalue weighted by molar-refractivity contribution is -0.132. The molecule has 3 aromatic rings. The second kappa shape index (κ2) is 8.66. The third-order valence-corrected chi connectivity index (χ3v) is 5.38. The minimum absolute atomic E-state index is 0.0952. The maximum Gasteiger partial charge on any atom is 0.249 e. The third-order valence-electron chi connectivity index (χ3n) is 5.14. The normalized spacial score (nSPS) is 16.2. The second-order valence-electron chi connectivity index (χ2n) is 7.06. The van der Waals surface area contributed by atoms with Crippen LogP contribution < -0.4 is 4.74 Å². The van der Waals surface area contributed by atoms with Crippen LogP contribution in [0.5, 0.6) is 5.75 Å². The van der Waals surface area contributed by atoms with E-state index < -0.39 is 0 Å². The molecule has 0 aliphatic carbocycles. The summed E-state index contributed by atoms with van der Waals surface area (Å²) in [6, 6.07) is 14.9. The van der Waals surface area contributed by atoms with E-state index in [-0.39, 0.29) is 11.9 Å². The van der Waals surface area contributed by atoms with E-state index in [1.54, 1.807) is 19.2 Å². The van der Waals surface area contributed by atoms with E-state index in [1.807, 2.05) is 41.3 Å². The Balaban J connectivity index is 1.44. The number of amides is 1. The first kappa shape index (κ1) is 19.5. The lowest BCUT2D eigenvalue weighted by Gasteiger charge is -2.22. The average Bonchev–Trinajstić information content (AvgIpc) is 3.41. The lowest BCUT2D eigenvalue weighted by atomic mass is 10.1. The molecule has 4 rings (SSSR count). The predicted molar refractivity (Wildman–Crippen MR) is 110 cm³/mol. The molecule has 0 N–H and O–H groups in total. The maximum absolute atomic E-state index is 12.9. The Kier molecular flexibility index (Phi) is 5.81. The van der Waals surface area contributed by atoms with Gasteiger partial charge in [-0.3, -0.25) is 4.79 Å². The van der Waals surface area contributed by atoms with Crippen molar-refractivity contribution < 1.29 is 14.1 Å². The molecule has 1 saturated heterocycles. The molecular formula is C22H22ClN3O3. The van der Waals surface area contributed by atoms with Crippen LogP contribution in [-0.2, 0) is 11.2 Å². The Labute approximate surface area is 174 Å². The summed E-state index contributed by atoms with van der Waals surface area (Å²) >= 11 is 6.05. The first-order valence-electron chi connectivity index (χ1n) is 9.66. The average molecular weight is 412 g/mol. The van der Waals surface area contributed by atoms with Crippen molar-refractivity contribution in [2.24, 2.45) is 0 Å². The molecule has 1 aliphatic rings. The number of carbonyl (C=O) groups excluding carboxylic acids is 1. The van der Waals surface area contributed by atoms with Gasteiger partial charge in [-0.25, -0.2) is 0 Å². The van der Waals surface area contributed by atoms with Gasteiger partial charge in [-0.15, -0.1) is 0 Å². The molecule has 150 valence electrons. The summed E-state index contributed by atoms with van der Waals surface area (Å²) in [4.78, 5) is 19.3. The van der Waals surface area contributed by atoms with Crippen LogP contribution in [0.2, 0.25) is 5.02 Å². The second-order valence-corrected chi connectivity index (χ2v) is 7.50. The fourth-order valence-electron chi connectivity index (χ4n) is 3.66. The minimum atomic E-state index is -0.173. The third kappa shape index (κ3) is 4.43. The quantitative estimate of drug-likeness (QED) is 0.588. The van der Waals surface area contributed by atoms with E-state index >= 15 is 0 Å². The summed E-state index contributed by atoms with van der Waals surface area (Å²) in [6.07, 6.45) is 2.84. The van der Waals surface area contributed by atoms with Crippen LogP contribution >= 0.6 is 11.6 Å². The Morgan fingerprint density at radius 1 is 1.28 bits per heavy atom. The van der Waals surface area contributed by atoms with Crippen molar-refractivity contribution in [2.75, 3.05) is 13.7 Å². The Morgan fingerprint density at radius 3 is 2.97 bits per heavy atom. The monoisotopic (exact) mass is 411 g/mol. The number of likely N-dealkylation sites (tertiary alicyclic amines) is 1. The van der Waals surface area contributed by atoms with Crippen LogP contribution in [0.3, 0.4) is 0 Å². The number of aryl methyl sites for hydroxylation is 1. The molecule has 1 atom stereocenters. The lowest BCUT2D eigenvalue weighted by Crippen LogP contribution is -2.30. The Hall–Kier alpha value is -2.86. The van der Waals surface area contributed by atoms with Crippen molar-refractivity contribution in [3.8, 4) is 17.1 Å². The molecule has 1 aromatic heterocycles. The van der Waals surface area contributed by atoms with Gasteiger partial charge in [0.15, 0.2) is 0 Å². The van der Waals surface area contributed by atoms with Gasteiger partial charge < -0.3 is 14.2 Å². The summed E-state index contributed by atoms with van der Waals surface area (Å²) in [7, 11) is 1.64. The smallest absolute Gasteiger partial charge is 0.249 e. The first-order valence-corrected chi connectivity index (χ1v) is 10.0. The van der Waals surface area contributed by atoms with Gasteiger partial charge in [0, 0.05) is 23.6 Å². The summed E-state index contributed by atoms with van der Waals surface area (Å²) in [5.41, 5.74) is 1.87. The van der Waals surface area contributed by atoms with E-state index in [4.69, 9.17) is 20.9 Å². The highest BCUT2D eigenvalue weighted by molar-refractivity contribution is 6.30. The fourth-order valence-corrected chi connectivity index (χ4v) is 3.85. The molecule has 0 unspecified atom stereocenters. The zero-order valence-electron chi connectivity index (χ0n) is 16.2. The number of methoxy groups -OCH3 is 1. The van der Waals surface area contributed by atoms with Crippen molar-refractivity contribution in [3.05, 3.63) is 65.0 Å². The van der Waals surface area contributed by atoms with Gasteiger partial charge in [0.1, 0.15) is 11.8 Å². The van der Waals surface area contributed by atoms with Gasteiger partial charge in [-0.2, -0.15) is 4.98 Å². The molecule has 1 amide bonds. The molecular weight excluding hydrogens is 390 g/mol. The largest absolute Gasteiger partial charge is 0.497 e. The number of aromatic nitrogens is 2. The molecule has 29 heavy (non-hydrogen) atoms. The van der Waals surface area contributed by atoms with Crippen LogP contribution in [-0.4, -0.2) is 34.6 Å². The number of hydrogen-bond acceptors (Lipinski definition) is 5. The first-order chi connectivity index (χ1) is 14.1. The van der Waals surface area contributed by atoms with E-state index in [1.165, 1.54) is 0 Å². The minimum Gasteiger partial charge on any atom is -0.497 e. The van der Waals surface area contributed by atoms with Gasteiger partial charge in [0.25, 0.3) is 0 Å². The molecule has 0 bridgehead atoms. The van der Waals surface area contributed by atoms with E-state index in [0.29, 0.717) is 36.1 Å². The molecule has 1 aliphatic heterocycles. The van der Waals surface area contributed by atoms with Crippen LogP contribution in [0.15, 0.2) is 53.1 Å². The standard InChI is InChI=1S/C22H22ClN3O3/c1-28-18-8-2-5-15(13-18)10-11-20(27)26-12-4-9-19(26)22-24-21(25-29-22)16-6-3-7-17(23)14-16/h2-3,5-8,13-14,19H,4,9-12H2,1H3/t19-/m0/s1. The number of halogens is 1. The van der Waals surface area contributed by atoms with Crippen molar-refractivity contribution >= 4 is 17.5 Å². The number of benzene rings is 2. The van der Waals surface area contributed by atoms with Crippen molar-refractivity contribution in [1.82, 2.24) is 15.0 Å². The van der Waals surface area contributed by atoms with Gasteiger partial charge in [-0.05, 0) is 49.1 Å². The number of rotatable bonds is 6. The molecule has 0 radical (unpaired) electrons. The molecule has 6 nitrogen and oxygen atoms in total. The van der Waals surface area contributed by atoms with E-state index in [9.17, 15) is 4.79 Å². The Bertz CT molecular complexity index is 1000. The highest BCUT2D eigenvalue weighted by Crippen LogP contribution is 2.33. The van der Waals surface area contributed by atoms with Crippen LogP contribution in [0.25, 0.3) is 11.4 Å². The Morgan fingerprint density at radius 2 is 2.14 bits per heavy atom. The number of hydrogen-bond donors (Lipinski definition) is 0. The zero-order valence-corrected chi connectivity index (χ0v) is 16.9. The molecule has 7 heteroatoms. The topological polar surface area (TPSA) is 68.5 Å². The van der Waals surface area contributed by atoms with Crippen LogP contribution in [0.4, 0.5) is 0 Å². The van der Waals surface area contributed by atoms with E-state index in [0.717, 1.165) is 29.7 Å². The van der Waals surface area contributed by atoms with Crippen LogP contribution in [0, 0.1) is 0 Å². The summed E-state index contributed by atoms with van der Waals surface area (Å²) in [5, 5.41) is 4.70. The van der Waals surface area contributed by atoms with Gasteiger partial charge >= 0.3 is 0 Å². The van der Waals surface area contributed by atoms with Crippen molar-refractivity contribution in [1.29, 1.82) is 0 Å². The summed E-state index contributed by atoms with van der Waals surface area (Å²) in [5.74, 6) is 1.86. The molecule has 2 heterocycles. The van der Waals surface area contributed by atoms with Gasteiger partial charge in [0.2, 0.25) is 17.6 Å². The predicted octanol–water partition coefficient (Wildman–Crippen LogP) is 4.69. The van der Waals surface area contributed by atoms with E-state index in [2.05, 4.69) is 10.1 Å². The van der Waals surface area contributed by atoms with Gasteiger partial charge in [-0.1, -0.05) is 41.0 Å². The SMILES string of the molecule is COc1cccc(CCC(=O)N2CCC[C@H]2c2nc(-c3cccc(Cl)c3)no2)c1. The highest BCUT2D eigenvalue weighted by Gasteiger charge is 2.33. The highest BCUT2D eigenvalue weighted by atomic mass is 35.5. The van der Waals surface area contributed by atoms with Gasteiger partial charge in [0.05, 0.1) is 7.11 Å². The fraction of sp³-hybridized carbons (Fsp3) is 0.318. The number of nitrogens with zero attached hydrogens (tertiary/aromatic N) is 3. The molecule has 1 fully saturated rings. The van der Waals surface area contributed by atoms with Crippen LogP contribution in [0.1, 0.15) is 36.8 Å². The summed E-state index contributed by atoms with van der Waals surface area (Å²) < 4.78 is 10.8. The maximum atomic E-state index is 12.9. The molecule has 0 spiro atoms. The molecule has 2 aromatic carbocycles. The van der Waals surface area contributed by atoms with Crippen molar-refractivity contribution in [3.63, 3.8) is 0 Å². The summed E-state index contributed by atoms with van der Waals surface area (Å²) in [6.45, 7) is 0.705. The van der Waals surface area contributed by atoms with Crippen molar-refractivity contribution in [2.45, 2.75) is 31.7 Å². The zero-order chi connectivity index (χ0) is 20.2.